The Bertz CT molecular complexity index is 703. The van der Waals surface area contributed by atoms with E-state index < -0.39 is 0 Å². The minimum absolute atomic E-state index is 0.347. The maximum absolute atomic E-state index is 14.3. The van der Waals surface area contributed by atoms with E-state index in [0.717, 1.165) is 29.9 Å². The maximum atomic E-state index is 14.3. The van der Waals surface area contributed by atoms with Gasteiger partial charge in [0.1, 0.15) is 12.1 Å². The molecule has 0 amide bonds. The van der Waals surface area contributed by atoms with Gasteiger partial charge in [-0.2, -0.15) is 5.10 Å². The molecule has 0 atom stereocenters. The molecule has 1 aromatic carbocycles. The number of nitrogens with zero attached hydrogens (tertiary/aromatic N) is 4. The summed E-state index contributed by atoms with van der Waals surface area (Å²) in [6.45, 7) is 5.70. The highest BCUT2D eigenvalue weighted by molar-refractivity contribution is 5.79. The van der Waals surface area contributed by atoms with Crippen molar-refractivity contribution in [2.75, 3.05) is 13.1 Å². The van der Waals surface area contributed by atoms with Crippen LogP contribution in [0.1, 0.15) is 18.1 Å². The third kappa shape index (κ3) is 2.56. The lowest BCUT2D eigenvalue weighted by molar-refractivity contribution is 0.452. The fourth-order valence-corrected chi connectivity index (χ4v) is 2.33. The number of rotatable bonds is 3. The average molecular weight is 285 g/mol. The molecule has 0 aliphatic carbocycles. The first kappa shape index (κ1) is 13.5. The second-order valence-electron chi connectivity index (χ2n) is 4.88. The summed E-state index contributed by atoms with van der Waals surface area (Å²) in [5.74, 6) is 0.0124. The number of nitrogens with one attached hydrogen (secondary N) is 1. The molecule has 1 N–H and O–H groups in total. The van der Waals surface area contributed by atoms with E-state index in [4.69, 9.17) is 0 Å². The first-order chi connectivity index (χ1) is 10.2. The second-order valence-corrected chi connectivity index (χ2v) is 4.88. The van der Waals surface area contributed by atoms with Crippen LogP contribution in [0.2, 0.25) is 0 Å². The lowest BCUT2D eigenvalue weighted by atomic mass is 10.0. The van der Waals surface area contributed by atoms with Crippen LogP contribution >= 0.6 is 0 Å². The van der Waals surface area contributed by atoms with Crippen LogP contribution in [-0.2, 0) is 0 Å². The zero-order valence-electron chi connectivity index (χ0n) is 12.0. The minimum Gasteiger partial charge on any atom is -0.371 e. The van der Waals surface area contributed by atoms with Crippen LogP contribution in [0.25, 0.3) is 17.1 Å². The number of H-pyrrole nitrogens is 1. The van der Waals surface area contributed by atoms with E-state index in [9.17, 15) is 4.39 Å². The van der Waals surface area contributed by atoms with Crippen molar-refractivity contribution in [2.24, 2.45) is 4.99 Å². The van der Waals surface area contributed by atoms with Gasteiger partial charge in [-0.15, -0.1) is 0 Å². The van der Waals surface area contributed by atoms with Crippen molar-refractivity contribution in [1.29, 1.82) is 0 Å². The zero-order chi connectivity index (χ0) is 14.8. The summed E-state index contributed by atoms with van der Waals surface area (Å²) < 4.78 is 14.3. The summed E-state index contributed by atoms with van der Waals surface area (Å²) in [4.78, 5) is 10.5. The van der Waals surface area contributed by atoms with Gasteiger partial charge in [0.05, 0.1) is 17.8 Å². The van der Waals surface area contributed by atoms with Crippen LogP contribution in [0.4, 0.5) is 4.39 Å². The Labute approximate surface area is 122 Å². The van der Waals surface area contributed by atoms with Crippen molar-refractivity contribution < 1.29 is 4.39 Å². The normalized spacial score (nSPS) is 14.4. The maximum Gasteiger partial charge on any atom is 0.183 e. The summed E-state index contributed by atoms with van der Waals surface area (Å²) >= 11 is 0. The van der Waals surface area contributed by atoms with Gasteiger partial charge in [0.15, 0.2) is 5.82 Å². The van der Waals surface area contributed by atoms with Gasteiger partial charge in [0, 0.05) is 24.5 Å². The predicted molar refractivity (Wildman–Crippen MR) is 80.2 cm³/mol. The highest BCUT2D eigenvalue weighted by Crippen LogP contribution is 2.28. The van der Waals surface area contributed by atoms with Crippen molar-refractivity contribution in [3.8, 4) is 11.4 Å². The first-order valence-corrected chi connectivity index (χ1v) is 6.84. The predicted octanol–water partition coefficient (Wildman–Crippen LogP) is 2.62. The van der Waals surface area contributed by atoms with Crippen LogP contribution in [-0.4, -0.2) is 39.4 Å². The molecular formula is C15H16FN5. The Morgan fingerprint density at radius 1 is 1.33 bits per heavy atom. The molecule has 5 nitrogen and oxygen atoms in total. The van der Waals surface area contributed by atoms with Gasteiger partial charge in [-0.3, -0.25) is 10.1 Å². The molecule has 1 aliphatic heterocycles. The standard InChI is InChI=1S/C15H16FN5/c1-3-21-5-4-17-14(8-21)11-7-13(16)12(6-10(11)2)15-18-9-19-20-15/h4,6-9H,3,5H2,1-2H3,(H,18,19,20). The molecule has 3 rings (SSSR count). The van der Waals surface area contributed by atoms with Gasteiger partial charge >= 0.3 is 0 Å². The number of aromatic amines is 1. The highest BCUT2D eigenvalue weighted by atomic mass is 19.1. The topological polar surface area (TPSA) is 57.2 Å². The van der Waals surface area contributed by atoms with E-state index in [1.165, 1.54) is 12.4 Å². The van der Waals surface area contributed by atoms with E-state index in [1.54, 1.807) is 6.07 Å². The summed E-state index contributed by atoms with van der Waals surface area (Å²) in [5, 5.41) is 6.52. The van der Waals surface area contributed by atoms with Gasteiger partial charge in [0.25, 0.3) is 0 Å². The van der Waals surface area contributed by atoms with E-state index >= 15 is 0 Å². The molecule has 0 saturated heterocycles. The first-order valence-electron chi connectivity index (χ1n) is 6.84. The van der Waals surface area contributed by atoms with Crippen LogP contribution in [0, 0.1) is 12.7 Å². The fraction of sp³-hybridized carbons (Fsp3) is 0.267. The van der Waals surface area contributed by atoms with Gasteiger partial charge in [-0.05, 0) is 31.5 Å². The second kappa shape index (κ2) is 5.47. The van der Waals surface area contributed by atoms with E-state index in [1.807, 2.05) is 19.3 Å². The Hall–Kier alpha value is -2.50. The molecule has 108 valence electrons. The van der Waals surface area contributed by atoms with Gasteiger partial charge in [-0.1, -0.05) is 0 Å². The molecule has 0 saturated carbocycles. The lowest BCUT2D eigenvalue weighted by Crippen LogP contribution is -2.22. The van der Waals surface area contributed by atoms with Crippen molar-refractivity contribution in [1.82, 2.24) is 20.1 Å². The summed E-state index contributed by atoms with van der Waals surface area (Å²) in [5.41, 5.74) is 2.91. The van der Waals surface area contributed by atoms with Crippen LogP contribution < -0.4 is 0 Å². The summed E-state index contributed by atoms with van der Waals surface area (Å²) in [6, 6.07) is 3.26. The average Bonchev–Trinajstić information content (AvgIpc) is 3.03. The molecule has 1 aromatic heterocycles. The van der Waals surface area contributed by atoms with Crippen molar-refractivity contribution in [2.45, 2.75) is 13.8 Å². The van der Waals surface area contributed by atoms with Crippen LogP contribution in [0.3, 0.4) is 0 Å². The number of aliphatic imine (C=N–C) groups is 1. The fourth-order valence-electron chi connectivity index (χ4n) is 2.33. The number of hydrogen-bond acceptors (Lipinski definition) is 4. The monoisotopic (exact) mass is 285 g/mol. The van der Waals surface area contributed by atoms with Crippen LogP contribution in [0.15, 0.2) is 29.7 Å². The molecular weight excluding hydrogens is 269 g/mol. The zero-order valence-corrected chi connectivity index (χ0v) is 12.0. The SMILES string of the molecule is CCN1C=C(c2cc(F)c(-c3nc[nH]n3)cc2C)N=CC1. The number of benzene rings is 1. The largest absolute Gasteiger partial charge is 0.371 e. The lowest BCUT2D eigenvalue weighted by Gasteiger charge is -2.21. The van der Waals surface area contributed by atoms with E-state index in [-0.39, 0.29) is 5.82 Å². The third-order valence-electron chi connectivity index (χ3n) is 3.50. The molecule has 6 heteroatoms. The summed E-state index contributed by atoms with van der Waals surface area (Å²) in [7, 11) is 0. The molecule has 2 heterocycles. The van der Waals surface area contributed by atoms with Crippen molar-refractivity contribution in [3.63, 3.8) is 0 Å². The van der Waals surface area contributed by atoms with E-state index in [0.29, 0.717) is 11.4 Å². The minimum atomic E-state index is -0.347. The number of aromatic nitrogens is 3. The summed E-state index contributed by atoms with van der Waals surface area (Å²) in [6.07, 6.45) is 5.25. The molecule has 2 aromatic rings. The molecule has 1 aliphatic rings. The number of hydrogen-bond donors (Lipinski definition) is 1. The molecule has 0 bridgehead atoms. The Morgan fingerprint density at radius 2 is 2.19 bits per heavy atom. The Kier molecular flexibility index (Phi) is 3.51. The molecule has 21 heavy (non-hydrogen) atoms. The van der Waals surface area contributed by atoms with Gasteiger partial charge < -0.3 is 4.90 Å². The smallest absolute Gasteiger partial charge is 0.183 e. The highest BCUT2D eigenvalue weighted by Gasteiger charge is 2.15. The Morgan fingerprint density at radius 3 is 2.90 bits per heavy atom. The van der Waals surface area contributed by atoms with Gasteiger partial charge in [-0.25, -0.2) is 9.37 Å². The number of aryl methyl sites for hydroxylation is 1. The molecule has 0 radical (unpaired) electrons. The quantitative estimate of drug-likeness (QED) is 0.943. The van der Waals surface area contributed by atoms with Crippen molar-refractivity contribution >= 4 is 11.9 Å². The molecule has 0 spiro atoms. The molecule has 0 unspecified atom stereocenters. The van der Waals surface area contributed by atoms with Gasteiger partial charge in [0.2, 0.25) is 0 Å². The third-order valence-corrected chi connectivity index (χ3v) is 3.50. The Balaban J connectivity index is 2.04. The number of halogens is 1. The van der Waals surface area contributed by atoms with E-state index in [2.05, 4.69) is 32.0 Å². The molecule has 0 fully saturated rings. The van der Waals surface area contributed by atoms with Crippen molar-refractivity contribution in [3.05, 3.63) is 41.6 Å². The van der Waals surface area contributed by atoms with Crippen LogP contribution in [0.5, 0.6) is 0 Å².